The molecule has 3 nitrogen and oxygen atoms in total. The van der Waals surface area contributed by atoms with E-state index in [4.69, 9.17) is 4.74 Å². The maximum atomic E-state index is 12.5. The monoisotopic (exact) mass is 309 g/mol. The fourth-order valence-electron chi connectivity index (χ4n) is 1.71. The van der Waals surface area contributed by atoms with Crippen LogP contribution in [0.25, 0.3) is 0 Å². The van der Waals surface area contributed by atoms with Crippen LogP contribution in [0, 0.1) is 0 Å². The molecule has 0 unspecified atom stereocenters. The van der Waals surface area contributed by atoms with Crippen LogP contribution in [0.1, 0.15) is 10.4 Å². The van der Waals surface area contributed by atoms with E-state index in [0.717, 1.165) is 0 Å². The number of hydrogen-bond acceptors (Lipinski definition) is 3. The largest absolute Gasteiger partial charge is 0.497 e. The van der Waals surface area contributed by atoms with E-state index in [1.165, 1.54) is 7.11 Å². The highest BCUT2D eigenvalue weighted by Gasteiger charge is 2.12. The van der Waals surface area contributed by atoms with Crippen LogP contribution in [0.3, 0.4) is 0 Å². The summed E-state index contributed by atoms with van der Waals surface area (Å²) in [6.07, 6.45) is 0. The third kappa shape index (κ3) is 4.19. The number of alkyl halides is 2. The highest BCUT2D eigenvalue weighted by Crippen LogP contribution is 2.31. The molecule has 2 aromatic carbocycles. The second-order valence-electron chi connectivity index (χ2n) is 4.06. The lowest BCUT2D eigenvalue weighted by Crippen LogP contribution is -2.12. The van der Waals surface area contributed by atoms with Crippen molar-refractivity contribution in [1.82, 2.24) is 0 Å². The zero-order chi connectivity index (χ0) is 15.2. The number of para-hydroxylation sites is 1. The average Bonchev–Trinajstić information content (AvgIpc) is 2.49. The minimum atomic E-state index is -2.54. The Hall–Kier alpha value is -2.08. The summed E-state index contributed by atoms with van der Waals surface area (Å²) in [5.74, 6) is -2.26. The van der Waals surface area contributed by atoms with Gasteiger partial charge < -0.3 is 10.1 Å². The van der Waals surface area contributed by atoms with Gasteiger partial charge in [-0.05, 0) is 36.4 Å². The molecule has 110 valence electrons. The first-order chi connectivity index (χ1) is 10.1. The van der Waals surface area contributed by atoms with E-state index >= 15 is 0 Å². The van der Waals surface area contributed by atoms with E-state index in [-0.39, 0.29) is 5.91 Å². The maximum absolute atomic E-state index is 12.5. The van der Waals surface area contributed by atoms with Gasteiger partial charge in [-0.1, -0.05) is 23.9 Å². The Morgan fingerprint density at radius 1 is 1.14 bits per heavy atom. The molecule has 0 aromatic heterocycles. The number of nitrogens with one attached hydrogen (secondary N) is 1. The number of ether oxygens (including phenoxy) is 1. The second kappa shape index (κ2) is 7.08. The van der Waals surface area contributed by atoms with Crippen LogP contribution in [0.4, 0.5) is 14.5 Å². The predicted octanol–water partition coefficient (Wildman–Crippen LogP) is 4.26. The number of benzene rings is 2. The van der Waals surface area contributed by atoms with Crippen molar-refractivity contribution in [1.29, 1.82) is 0 Å². The summed E-state index contributed by atoms with van der Waals surface area (Å²) in [4.78, 5) is 12.4. The van der Waals surface area contributed by atoms with Gasteiger partial charge in [-0.3, -0.25) is 4.79 Å². The van der Waals surface area contributed by atoms with Gasteiger partial charge in [0.2, 0.25) is 0 Å². The standard InChI is InChI=1S/C15H13F2NO2S/c1-20-11-8-6-10(7-9-11)14(19)18-12-4-2-3-5-13(12)21-15(16)17/h2-9,15H,1H3,(H,18,19). The minimum absolute atomic E-state index is 0.328. The number of amides is 1. The van der Waals surface area contributed by atoms with Gasteiger partial charge in [-0.25, -0.2) is 0 Å². The number of thioether (sulfide) groups is 1. The van der Waals surface area contributed by atoms with E-state index in [1.807, 2.05) is 0 Å². The Morgan fingerprint density at radius 3 is 2.43 bits per heavy atom. The van der Waals surface area contributed by atoms with Crippen LogP contribution in [0.2, 0.25) is 0 Å². The van der Waals surface area contributed by atoms with Gasteiger partial charge in [0.25, 0.3) is 11.7 Å². The highest BCUT2D eigenvalue weighted by molar-refractivity contribution is 7.99. The van der Waals surface area contributed by atoms with Crippen molar-refractivity contribution in [2.45, 2.75) is 10.7 Å². The van der Waals surface area contributed by atoms with Crippen molar-refractivity contribution in [3.63, 3.8) is 0 Å². The lowest BCUT2D eigenvalue weighted by Gasteiger charge is -2.10. The first-order valence-corrected chi connectivity index (χ1v) is 6.97. The number of carbonyl (C=O) groups is 1. The number of anilines is 1. The van der Waals surface area contributed by atoms with Gasteiger partial charge >= 0.3 is 0 Å². The summed E-state index contributed by atoms with van der Waals surface area (Å²) >= 11 is 0.400. The summed E-state index contributed by atoms with van der Waals surface area (Å²) in [5.41, 5.74) is 0.788. The second-order valence-corrected chi connectivity index (χ2v) is 5.09. The molecular formula is C15H13F2NO2S. The van der Waals surface area contributed by atoms with Crippen molar-refractivity contribution in [2.75, 3.05) is 12.4 Å². The van der Waals surface area contributed by atoms with Crippen molar-refractivity contribution in [2.24, 2.45) is 0 Å². The zero-order valence-corrected chi connectivity index (χ0v) is 12.0. The molecule has 2 aromatic rings. The molecule has 1 amide bonds. The Labute approximate surface area is 125 Å². The quantitative estimate of drug-likeness (QED) is 0.839. The molecule has 0 atom stereocenters. The SMILES string of the molecule is COc1ccc(C(=O)Nc2ccccc2SC(F)F)cc1. The van der Waals surface area contributed by atoms with Crippen LogP contribution < -0.4 is 10.1 Å². The highest BCUT2D eigenvalue weighted by atomic mass is 32.2. The van der Waals surface area contributed by atoms with Crippen LogP contribution >= 0.6 is 11.8 Å². The molecule has 0 heterocycles. The fourth-order valence-corrected chi connectivity index (χ4v) is 2.30. The Kier molecular flexibility index (Phi) is 5.16. The number of carbonyl (C=O) groups excluding carboxylic acids is 1. The van der Waals surface area contributed by atoms with Gasteiger partial charge in [-0.15, -0.1) is 0 Å². The lowest BCUT2D eigenvalue weighted by atomic mass is 10.2. The summed E-state index contributed by atoms with van der Waals surface area (Å²) in [6.45, 7) is 0. The van der Waals surface area contributed by atoms with E-state index in [0.29, 0.717) is 33.7 Å². The van der Waals surface area contributed by atoms with E-state index < -0.39 is 5.76 Å². The van der Waals surface area contributed by atoms with Gasteiger partial charge in [0.15, 0.2) is 0 Å². The molecule has 21 heavy (non-hydrogen) atoms. The molecule has 6 heteroatoms. The molecule has 0 saturated heterocycles. The van der Waals surface area contributed by atoms with Crippen LogP contribution in [0.15, 0.2) is 53.4 Å². The summed E-state index contributed by atoms with van der Waals surface area (Å²) in [6, 6.07) is 13.0. The molecule has 0 aliphatic carbocycles. The fraction of sp³-hybridized carbons (Fsp3) is 0.133. The molecule has 0 radical (unpaired) electrons. The van der Waals surface area contributed by atoms with Gasteiger partial charge in [-0.2, -0.15) is 8.78 Å². The summed E-state index contributed by atoms with van der Waals surface area (Å²) < 4.78 is 30.0. The molecule has 0 aliphatic rings. The predicted molar refractivity (Wildman–Crippen MR) is 79.3 cm³/mol. The molecule has 1 N–H and O–H groups in total. The van der Waals surface area contributed by atoms with Crippen LogP contribution in [-0.2, 0) is 0 Å². The van der Waals surface area contributed by atoms with E-state index in [2.05, 4.69) is 5.32 Å². The number of rotatable bonds is 5. The topological polar surface area (TPSA) is 38.3 Å². The average molecular weight is 309 g/mol. The van der Waals surface area contributed by atoms with Crippen molar-refractivity contribution >= 4 is 23.4 Å². The Bertz CT molecular complexity index is 617. The summed E-state index contributed by atoms with van der Waals surface area (Å²) in [7, 11) is 1.53. The first kappa shape index (κ1) is 15.3. The molecule has 0 bridgehead atoms. The van der Waals surface area contributed by atoms with Gasteiger partial charge in [0.1, 0.15) is 5.75 Å². The third-order valence-corrected chi connectivity index (χ3v) is 3.49. The number of methoxy groups -OCH3 is 1. The molecule has 2 rings (SSSR count). The number of halogens is 2. The van der Waals surface area contributed by atoms with Gasteiger partial charge in [0, 0.05) is 10.5 Å². The van der Waals surface area contributed by atoms with Crippen molar-refractivity contribution < 1.29 is 18.3 Å². The molecular weight excluding hydrogens is 296 g/mol. The van der Waals surface area contributed by atoms with Crippen LogP contribution in [-0.4, -0.2) is 18.8 Å². The smallest absolute Gasteiger partial charge is 0.288 e. The minimum Gasteiger partial charge on any atom is -0.497 e. The molecule has 0 fully saturated rings. The van der Waals surface area contributed by atoms with Gasteiger partial charge in [0.05, 0.1) is 12.8 Å². The number of hydrogen-bond donors (Lipinski definition) is 1. The summed E-state index contributed by atoms with van der Waals surface area (Å²) in [5, 5.41) is 2.64. The molecule has 0 saturated carbocycles. The van der Waals surface area contributed by atoms with Crippen LogP contribution in [0.5, 0.6) is 5.75 Å². The Balaban J connectivity index is 2.15. The molecule has 0 aliphatic heterocycles. The van der Waals surface area contributed by atoms with E-state index in [9.17, 15) is 13.6 Å². The van der Waals surface area contributed by atoms with Crippen molar-refractivity contribution in [3.05, 3.63) is 54.1 Å². The maximum Gasteiger partial charge on any atom is 0.288 e. The zero-order valence-electron chi connectivity index (χ0n) is 11.2. The van der Waals surface area contributed by atoms with E-state index in [1.54, 1.807) is 48.5 Å². The normalized spacial score (nSPS) is 10.5. The molecule has 0 spiro atoms. The lowest BCUT2D eigenvalue weighted by molar-refractivity contribution is 0.102. The third-order valence-electron chi connectivity index (χ3n) is 2.70. The Morgan fingerprint density at radius 2 is 1.81 bits per heavy atom. The first-order valence-electron chi connectivity index (χ1n) is 6.09. The van der Waals surface area contributed by atoms with Crippen molar-refractivity contribution in [3.8, 4) is 5.75 Å².